The molecule has 160 valence electrons. The number of carbonyl (C=O) groups excluding carboxylic acids is 1. The van der Waals surface area contributed by atoms with Gasteiger partial charge >= 0.3 is 0 Å². The molecule has 0 saturated carbocycles. The summed E-state index contributed by atoms with van der Waals surface area (Å²) in [6.07, 6.45) is 5.39. The third-order valence-electron chi connectivity index (χ3n) is 4.20. The number of methoxy groups -OCH3 is 2. The average Bonchev–Trinajstić information content (AvgIpc) is 2.74. The first-order chi connectivity index (χ1) is 14.0. The van der Waals surface area contributed by atoms with Crippen molar-refractivity contribution in [3.8, 4) is 23.8 Å². The molecule has 0 fully saturated rings. The molecule has 0 bridgehead atoms. The summed E-state index contributed by atoms with van der Waals surface area (Å²) in [4.78, 5) is 18.4. The Bertz CT molecular complexity index is 925. The fourth-order valence-corrected chi connectivity index (χ4v) is 2.75. The van der Waals surface area contributed by atoms with Crippen molar-refractivity contribution in [1.82, 2.24) is 10.2 Å². The van der Waals surface area contributed by atoms with Crippen LogP contribution in [0.1, 0.15) is 11.1 Å². The maximum atomic E-state index is 12.3. The molecular formula is C22H27IN4O3. The number of benzene rings is 2. The lowest BCUT2D eigenvalue weighted by molar-refractivity contribution is -0.115. The molecule has 2 aromatic rings. The van der Waals surface area contributed by atoms with E-state index in [1.165, 1.54) is 0 Å². The molecule has 0 spiro atoms. The average molecular weight is 522 g/mol. The van der Waals surface area contributed by atoms with E-state index >= 15 is 0 Å². The molecule has 0 radical (unpaired) electrons. The monoisotopic (exact) mass is 522 g/mol. The molecule has 1 amide bonds. The van der Waals surface area contributed by atoms with Crippen LogP contribution >= 0.6 is 24.0 Å². The van der Waals surface area contributed by atoms with Gasteiger partial charge in [0.1, 0.15) is 11.5 Å². The summed E-state index contributed by atoms with van der Waals surface area (Å²) in [5, 5.41) is 5.87. The van der Waals surface area contributed by atoms with Crippen LogP contribution in [0.15, 0.2) is 47.5 Å². The standard InChI is InChI=1S/C22H26N4O3.HI/c1-6-16-8-7-9-18(12-16)25-21(27)14-24-22(23-2)26(3)15-17-10-11-19(28-4)13-20(17)29-5;/h1,7-13H,14-15H2,2-5H3,(H,23,24)(H,25,27);1H. The van der Waals surface area contributed by atoms with Gasteiger partial charge in [0, 0.05) is 43.5 Å². The zero-order valence-corrected chi connectivity index (χ0v) is 19.9. The molecule has 0 atom stereocenters. The van der Waals surface area contributed by atoms with Crippen LogP contribution in [0.2, 0.25) is 0 Å². The van der Waals surface area contributed by atoms with Crippen molar-refractivity contribution in [2.45, 2.75) is 6.54 Å². The lowest BCUT2D eigenvalue weighted by Crippen LogP contribution is -2.42. The van der Waals surface area contributed by atoms with E-state index in [1.54, 1.807) is 45.5 Å². The van der Waals surface area contributed by atoms with Crippen molar-refractivity contribution < 1.29 is 14.3 Å². The largest absolute Gasteiger partial charge is 0.497 e. The van der Waals surface area contributed by atoms with Crippen molar-refractivity contribution in [2.75, 3.05) is 40.2 Å². The topological polar surface area (TPSA) is 75.2 Å². The highest BCUT2D eigenvalue weighted by Gasteiger charge is 2.12. The first-order valence-electron chi connectivity index (χ1n) is 9.00. The number of ether oxygens (including phenoxy) is 2. The van der Waals surface area contributed by atoms with Crippen molar-refractivity contribution in [3.05, 3.63) is 53.6 Å². The number of nitrogens with zero attached hydrogens (tertiary/aromatic N) is 2. The normalized spacial score (nSPS) is 10.3. The number of carbonyl (C=O) groups is 1. The van der Waals surface area contributed by atoms with Gasteiger partial charge in [-0.3, -0.25) is 9.79 Å². The van der Waals surface area contributed by atoms with Crippen LogP contribution in [-0.2, 0) is 11.3 Å². The number of nitrogens with one attached hydrogen (secondary N) is 2. The number of rotatable bonds is 7. The van der Waals surface area contributed by atoms with Crippen LogP contribution in [0.25, 0.3) is 0 Å². The molecule has 0 aliphatic carbocycles. The molecule has 0 heterocycles. The predicted molar refractivity (Wildman–Crippen MR) is 131 cm³/mol. The molecule has 0 unspecified atom stereocenters. The number of terminal acetylenes is 1. The van der Waals surface area contributed by atoms with Crippen LogP contribution in [0.3, 0.4) is 0 Å². The Kier molecular flexibility index (Phi) is 10.5. The number of anilines is 1. The van der Waals surface area contributed by atoms with E-state index in [2.05, 4.69) is 21.5 Å². The van der Waals surface area contributed by atoms with Crippen LogP contribution in [-0.4, -0.2) is 51.6 Å². The first kappa shape index (κ1) is 25.1. The van der Waals surface area contributed by atoms with Crippen LogP contribution < -0.4 is 20.1 Å². The number of guanidine groups is 1. The van der Waals surface area contributed by atoms with Crippen LogP contribution in [0.5, 0.6) is 11.5 Å². The third-order valence-corrected chi connectivity index (χ3v) is 4.20. The van der Waals surface area contributed by atoms with Gasteiger partial charge in [0.25, 0.3) is 0 Å². The second-order valence-corrected chi connectivity index (χ2v) is 6.21. The maximum Gasteiger partial charge on any atom is 0.243 e. The van der Waals surface area contributed by atoms with E-state index in [1.807, 2.05) is 30.1 Å². The quantitative estimate of drug-likeness (QED) is 0.253. The zero-order chi connectivity index (χ0) is 21.2. The summed E-state index contributed by atoms with van der Waals surface area (Å²) >= 11 is 0. The Morgan fingerprint density at radius 2 is 1.97 bits per heavy atom. The predicted octanol–water partition coefficient (Wildman–Crippen LogP) is 2.95. The molecule has 2 N–H and O–H groups in total. The van der Waals surface area contributed by atoms with E-state index in [0.717, 1.165) is 17.1 Å². The minimum atomic E-state index is -0.198. The van der Waals surface area contributed by atoms with Crippen molar-refractivity contribution in [2.24, 2.45) is 4.99 Å². The minimum Gasteiger partial charge on any atom is -0.497 e. The third kappa shape index (κ3) is 7.15. The van der Waals surface area contributed by atoms with E-state index in [9.17, 15) is 4.79 Å². The number of amides is 1. The van der Waals surface area contributed by atoms with Gasteiger partial charge in [-0.2, -0.15) is 0 Å². The van der Waals surface area contributed by atoms with Gasteiger partial charge in [-0.25, -0.2) is 0 Å². The zero-order valence-electron chi connectivity index (χ0n) is 17.6. The van der Waals surface area contributed by atoms with Gasteiger partial charge in [0.2, 0.25) is 5.91 Å². The number of hydrogen-bond donors (Lipinski definition) is 2. The van der Waals surface area contributed by atoms with Gasteiger partial charge in [-0.05, 0) is 30.3 Å². The molecule has 0 aromatic heterocycles. The summed E-state index contributed by atoms with van der Waals surface area (Å²) in [6.45, 7) is 0.607. The van der Waals surface area contributed by atoms with Crippen molar-refractivity contribution in [1.29, 1.82) is 0 Å². The van der Waals surface area contributed by atoms with E-state index in [0.29, 0.717) is 23.8 Å². The van der Waals surface area contributed by atoms with Gasteiger partial charge in [-0.1, -0.05) is 12.0 Å². The fraction of sp³-hybridized carbons (Fsp3) is 0.273. The smallest absolute Gasteiger partial charge is 0.243 e. The molecule has 2 aromatic carbocycles. The summed E-state index contributed by atoms with van der Waals surface area (Å²) < 4.78 is 10.7. The van der Waals surface area contributed by atoms with E-state index in [4.69, 9.17) is 15.9 Å². The second kappa shape index (κ2) is 12.6. The number of hydrogen-bond acceptors (Lipinski definition) is 4. The summed E-state index contributed by atoms with van der Waals surface area (Å²) in [5.74, 6) is 4.37. The van der Waals surface area contributed by atoms with Gasteiger partial charge in [0.05, 0.1) is 20.8 Å². The Hall–Kier alpha value is -2.93. The molecular weight excluding hydrogens is 495 g/mol. The van der Waals surface area contributed by atoms with E-state index < -0.39 is 0 Å². The minimum absolute atomic E-state index is 0. The molecule has 8 heteroatoms. The summed E-state index contributed by atoms with van der Waals surface area (Å²) in [6, 6.07) is 12.8. The number of aliphatic imine (C=N–C) groups is 1. The van der Waals surface area contributed by atoms with E-state index in [-0.39, 0.29) is 36.4 Å². The Labute approximate surface area is 194 Å². The highest BCUT2D eigenvalue weighted by Crippen LogP contribution is 2.25. The van der Waals surface area contributed by atoms with Gasteiger partial charge in [0.15, 0.2) is 5.96 Å². The molecule has 0 aliphatic rings. The Morgan fingerprint density at radius 1 is 1.20 bits per heavy atom. The molecule has 7 nitrogen and oxygen atoms in total. The maximum absolute atomic E-state index is 12.3. The van der Waals surface area contributed by atoms with Crippen molar-refractivity contribution in [3.63, 3.8) is 0 Å². The molecule has 0 saturated heterocycles. The Morgan fingerprint density at radius 3 is 2.60 bits per heavy atom. The van der Waals surface area contributed by atoms with Crippen molar-refractivity contribution >= 4 is 41.5 Å². The lowest BCUT2D eigenvalue weighted by atomic mass is 10.2. The van der Waals surface area contributed by atoms with Gasteiger partial charge < -0.3 is 25.0 Å². The summed E-state index contributed by atoms with van der Waals surface area (Å²) in [7, 11) is 6.77. The fourth-order valence-electron chi connectivity index (χ4n) is 2.75. The SMILES string of the molecule is C#Cc1cccc(NC(=O)CNC(=NC)N(C)Cc2ccc(OC)cc2OC)c1.I. The van der Waals surface area contributed by atoms with Crippen LogP contribution in [0.4, 0.5) is 5.69 Å². The highest BCUT2D eigenvalue weighted by molar-refractivity contribution is 14.0. The van der Waals surface area contributed by atoms with Gasteiger partial charge in [-0.15, -0.1) is 30.4 Å². The highest BCUT2D eigenvalue weighted by atomic mass is 127. The first-order valence-corrected chi connectivity index (χ1v) is 9.00. The second-order valence-electron chi connectivity index (χ2n) is 6.21. The Balaban J connectivity index is 0.00000450. The lowest BCUT2D eigenvalue weighted by Gasteiger charge is -2.23. The molecule has 0 aliphatic heterocycles. The summed E-state index contributed by atoms with van der Waals surface area (Å²) in [5.41, 5.74) is 2.33. The molecule has 30 heavy (non-hydrogen) atoms. The molecule has 2 rings (SSSR count). The van der Waals surface area contributed by atoms with Crippen LogP contribution in [0, 0.1) is 12.3 Å². The number of halogens is 1.